The second kappa shape index (κ2) is 10.7. The minimum absolute atomic E-state index is 0.0398. The predicted octanol–water partition coefficient (Wildman–Crippen LogP) is 4.93. The van der Waals surface area contributed by atoms with Crippen molar-refractivity contribution in [3.63, 3.8) is 0 Å². The van der Waals surface area contributed by atoms with Gasteiger partial charge in [0.25, 0.3) is 0 Å². The number of aryl methyl sites for hydroxylation is 1. The molecule has 1 amide bonds. The van der Waals surface area contributed by atoms with Gasteiger partial charge in [-0.2, -0.15) is 13.2 Å². The first-order chi connectivity index (χ1) is 16.7. The van der Waals surface area contributed by atoms with E-state index in [1.54, 1.807) is 18.3 Å². The van der Waals surface area contributed by atoms with Crippen LogP contribution in [0.4, 0.5) is 18.9 Å². The molecule has 2 aromatic rings. The molecule has 0 unspecified atom stereocenters. The van der Waals surface area contributed by atoms with Crippen LogP contribution in [0.5, 0.6) is 0 Å². The van der Waals surface area contributed by atoms with E-state index in [1.165, 1.54) is 12.1 Å². The number of nitrogens with one attached hydrogen (secondary N) is 1. The first-order valence-electron chi connectivity index (χ1n) is 12.1. The Balaban J connectivity index is 1.27. The first kappa shape index (κ1) is 25.0. The topological polar surface area (TPSA) is 82.5 Å². The summed E-state index contributed by atoms with van der Waals surface area (Å²) in [6.07, 6.45) is 2.82. The number of benzene rings is 1. The number of pyridine rings is 1. The number of rotatable bonds is 7. The number of amides is 1. The fourth-order valence-electron chi connectivity index (χ4n) is 5.29. The molecule has 2 atom stereocenters. The summed E-state index contributed by atoms with van der Waals surface area (Å²) in [7, 11) is 0. The summed E-state index contributed by atoms with van der Waals surface area (Å²) in [5.41, 5.74) is 0.880. The van der Waals surface area contributed by atoms with Gasteiger partial charge in [-0.3, -0.25) is 9.78 Å². The quantitative estimate of drug-likeness (QED) is 0.576. The van der Waals surface area contributed by atoms with Crippen molar-refractivity contribution in [2.75, 3.05) is 18.0 Å². The van der Waals surface area contributed by atoms with E-state index < -0.39 is 17.7 Å². The highest BCUT2D eigenvalue weighted by molar-refractivity contribution is 5.88. The number of alkyl halides is 3. The van der Waals surface area contributed by atoms with Crippen LogP contribution in [0.15, 0.2) is 42.6 Å². The van der Waals surface area contributed by atoms with Crippen LogP contribution in [-0.2, 0) is 17.4 Å². The molecule has 1 aromatic heterocycles. The van der Waals surface area contributed by atoms with Gasteiger partial charge in [0.05, 0.1) is 16.8 Å². The number of anilines is 1. The Morgan fingerprint density at radius 2 is 1.77 bits per heavy atom. The Hall–Kier alpha value is -3.10. The Kier molecular flexibility index (Phi) is 7.62. The summed E-state index contributed by atoms with van der Waals surface area (Å²) >= 11 is 0. The van der Waals surface area contributed by atoms with E-state index in [4.69, 9.17) is 0 Å². The molecule has 1 saturated carbocycles. The smallest absolute Gasteiger partial charge is 0.416 e. The van der Waals surface area contributed by atoms with Crippen molar-refractivity contribution in [2.24, 2.45) is 11.8 Å². The number of carbonyl (C=O) groups excluding carboxylic acids is 1. The van der Waals surface area contributed by atoms with Crippen LogP contribution >= 0.6 is 0 Å². The lowest BCUT2D eigenvalue weighted by atomic mass is 9.92. The second-order valence-electron chi connectivity index (χ2n) is 9.45. The second-order valence-corrected chi connectivity index (χ2v) is 9.45. The van der Waals surface area contributed by atoms with Crippen LogP contribution in [0.1, 0.15) is 60.1 Å². The third kappa shape index (κ3) is 6.13. The lowest BCUT2D eigenvalue weighted by Crippen LogP contribution is -2.45. The van der Waals surface area contributed by atoms with Crippen LogP contribution in [0.2, 0.25) is 0 Å². The average Bonchev–Trinajstić information content (AvgIpc) is 3.29. The maximum atomic E-state index is 13.0. The fourth-order valence-corrected chi connectivity index (χ4v) is 5.29. The van der Waals surface area contributed by atoms with Gasteiger partial charge in [-0.15, -0.1) is 0 Å². The largest absolute Gasteiger partial charge is 0.478 e. The van der Waals surface area contributed by atoms with Gasteiger partial charge in [-0.1, -0.05) is 6.42 Å². The number of piperidine rings is 1. The zero-order chi connectivity index (χ0) is 25.0. The van der Waals surface area contributed by atoms with Crippen molar-refractivity contribution in [1.29, 1.82) is 0 Å². The third-order valence-electron chi connectivity index (χ3n) is 7.28. The normalized spacial score (nSPS) is 21.2. The monoisotopic (exact) mass is 489 g/mol. The summed E-state index contributed by atoms with van der Waals surface area (Å²) < 4.78 is 38.4. The minimum Gasteiger partial charge on any atom is -0.478 e. The van der Waals surface area contributed by atoms with Crippen molar-refractivity contribution >= 4 is 17.6 Å². The number of halogens is 3. The zero-order valence-electron chi connectivity index (χ0n) is 19.4. The summed E-state index contributed by atoms with van der Waals surface area (Å²) in [6.45, 7) is 1.24. The standard InChI is InChI=1S/C26H30F3N3O3/c27-26(28,29)19-7-9-20(10-8-19)32-15-12-18(13-16-32)24(33)31-22-5-1-3-17(22)6-11-23-21(25(34)35)4-2-14-30-23/h2,4,7-10,14,17-18,22H,1,3,5-6,11-13,15-16H2,(H,31,33)(H,34,35)/t17-,22-/m0/s1. The molecule has 2 aliphatic rings. The molecule has 0 bridgehead atoms. The van der Waals surface area contributed by atoms with Gasteiger partial charge in [0.15, 0.2) is 0 Å². The first-order valence-corrected chi connectivity index (χ1v) is 12.1. The molecule has 4 rings (SSSR count). The zero-order valence-corrected chi connectivity index (χ0v) is 19.4. The SMILES string of the molecule is O=C(O)c1cccnc1CC[C@@H]1CCC[C@@H]1NC(=O)C1CCN(c2ccc(C(F)(F)F)cc2)CC1. The molecule has 0 spiro atoms. The van der Waals surface area contributed by atoms with Gasteiger partial charge in [-0.05, 0) is 80.8 Å². The van der Waals surface area contributed by atoms with E-state index in [0.29, 0.717) is 38.0 Å². The number of carboxylic acids is 1. The molecule has 1 saturated heterocycles. The Labute approximate surface area is 202 Å². The highest BCUT2D eigenvalue weighted by Gasteiger charge is 2.33. The van der Waals surface area contributed by atoms with Gasteiger partial charge < -0.3 is 15.3 Å². The third-order valence-corrected chi connectivity index (χ3v) is 7.28. The number of hydrogen-bond acceptors (Lipinski definition) is 4. The molecule has 188 valence electrons. The van der Waals surface area contributed by atoms with E-state index in [1.807, 2.05) is 4.90 Å². The number of carboxylic acid groups (broad SMARTS) is 1. The summed E-state index contributed by atoms with van der Waals surface area (Å²) in [6, 6.07) is 8.43. The van der Waals surface area contributed by atoms with Crippen molar-refractivity contribution in [1.82, 2.24) is 10.3 Å². The lowest BCUT2D eigenvalue weighted by molar-refractivity contribution is -0.137. The van der Waals surface area contributed by atoms with E-state index in [0.717, 1.165) is 43.5 Å². The Bertz CT molecular complexity index is 1030. The van der Waals surface area contributed by atoms with Gasteiger partial charge in [-0.25, -0.2) is 4.79 Å². The summed E-state index contributed by atoms with van der Waals surface area (Å²) in [4.78, 5) is 30.7. The van der Waals surface area contributed by atoms with Crippen LogP contribution < -0.4 is 10.2 Å². The molecule has 6 nitrogen and oxygen atoms in total. The minimum atomic E-state index is -4.35. The van der Waals surface area contributed by atoms with E-state index in [2.05, 4.69) is 10.3 Å². The number of aromatic nitrogens is 1. The number of aromatic carboxylic acids is 1. The summed E-state index contributed by atoms with van der Waals surface area (Å²) in [5.74, 6) is -0.767. The van der Waals surface area contributed by atoms with Gasteiger partial charge in [0.1, 0.15) is 0 Å². The van der Waals surface area contributed by atoms with Crippen molar-refractivity contribution < 1.29 is 27.9 Å². The molecule has 9 heteroatoms. The highest BCUT2D eigenvalue weighted by Crippen LogP contribution is 2.33. The Morgan fingerprint density at radius 3 is 2.43 bits per heavy atom. The average molecular weight is 490 g/mol. The van der Waals surface area contributed by atoms with Gasteiger partial charge in [0, 0.05) is 36.9 Å². The van der Waals surface area contributed by atoms with Crippen LogP contribution in [0, 0.1) is 11.8 Å². The molecule has 1 aromatic carbocycles. The maximum Gasteiger partial charge on any atom is 0.416 e. The molecule has 35 heavy (non-hydrogen) atoms. The lowest BCUT2D eigenvalue weighted by Gasteiger charge is -2.34. The van der Waals surface area contributed by atoms with E-state index in [9.17, 15) is 27.9 Å². The van der Waals surface area contributed by atoms with E-state index >= 15 is 0 Å². The number of carbonyl (C=O) groups is 2. The summed E-state index contributed by atoms with van der Waals surface area (Å²) in [5, 5.41) is 12.6. The van der Waals surface area contributed by atoms with Crippen LogP contribution in [0.3, 0.4) is 0 Å². The fraction of sp³-hybridized carbons (Fsp3) is 0.500. The van der Waals surface area contributed by atoms with Gasteiger partial charge >= 0.3 is 12.1 Å². The van der Waals surface area contributed by atoms with Crippen molar-refractivity contribution in [3.05, 3.63) is 59.4 Å². The molecule has 1 aliphatic carbocycles. The maximum absolute atomic E-state index is 13.0. The van der Waals surface area contributed by atoms with Crippen molar-refractivity contribution in [2.45, 2.75) is 57.2 Å². The molecular weight excluding hydrogens is 459 g/mol. The highest BCUT2D eigenvalue weighted by atomic mass is 19.4. The number of hydrogen-bond donors (Lipinski definition) is 2. The molecule has 1 aliphatic heterocycles. The van der Waals surface area contributed by atoms with Crippen LogP contribution in [0.25, 0.3) is 0 Å². The molecule has 2 heterocycles. The molecule has 0 radical (unpaired) electrons. The van der Waals surface area contributed by atoms with Gasteiger partial charge in [0.2, 0.25) is 5.91 Å². The van der Waals surface area contributed by atoms with Crippen molar-refractivity contribution in [3.8, 4) is 0 Å². The predicted molar refractivity (Wildman–Crippen MR) is 125 cm³/mol. The van der Waals surface area contributed by atoms with E-state index in [-0.39, 0.29) is 29.3 Å². The molecule has 2 N–H and O–H groups in total. The number of nitrogens with zero attached hydrogens (tertiary/aromatic N) is 2. The Morgan fingerprint density at radius 1 is 1.06 bits per heavy atom. The molecule has 2 fully saturated rings. The van der Waals surface area contributed by atoms with Crippen LogP contribution in [-0.4, -0.2) is 41.1 Å². The molecular formula is C26H30F3N3O3.